The monoisotopic (exact) mass is 237 g/mol. The highest BCUT2D eigenvalue weighted by atomic mass is 16.3. The molecule has 0 saturated heterocycles. The molecule has 0 aromatic carbocycles. The smallest absolute Gasteiger partial charge is 0.258 e. The van der Waals surface area contributed by atoms with Crippen molar-refractivity contribution in [3.05, 3.63) is 21.7 Å². The van der Waals surface area contributed by atoms with Gasteiger partial charge in [-0.1, -0.05) is 12.8 Å². The lowest BCUT2D eigenvalue weighted by Gasteiger charge is -2.10. The number of aryl methyl sites for hydroxylation is 1. The molecule has 5 heteroatoms. The van der Waals surface area contributed by atoms with E-state index in [2.05, 4.69) is 9.97 Å². The predicted octanol–water partition coefficient (Wildman–Crippen LogP) is 1.02. The molecule has 1 aliphatic rings. The van der Waals surface area contributed by atoms with Gasteiger partial charge in [-0.25, -0.2) is 4.98 Å². The first-order valence-corrected chi connectivity index (χ1v) is 6.24. The second-order valence-electron chi connectivity index (χ2n) is 4.62. The molecule has 0 aliphatic heterocycles. The summed E-state index contributed by atoms with van der Waals surface area (Å²) >= 11 is 0. The Kier molecular flexibility index (Phi) is 3.78. The fourth-order valence-electron chi connectivity index (χ4n) is 2.49. The molecule has 1 aliphatic carbocycles. The van der Waals surface area contributed by atoms with Crippen LogP contribution in [0.3, 0.4) is 0 Å². The van der Waals surface area contributed by atoms with Gasteiger partial charge in [0, 0.05) is 6.42 Å². The Morgan fingerprint density at radius 1 is 1.41 bits per heavy atom. The third-order valence-electron chi connectivity index (χ3n) is 3.37. The highest BCUT2D eigenvalue weighted by Crippen LogP contribution is 2.35. The highest BCUT2D eigenvalue weighted by molar-refractivity contribution is 5.27. The van der Waals surface area contributed by atoms with Crippen LogP contribution in [-0.4, -0.2) is 21.6 Å². The summed E-state index contributed by atoms with van der Waals surface area (Å²) in [5.74, 6) is 0.613. The molecule has 0 radical (unpaired) electrons. The zero-order chi connectivity index (χ0) is 12.3. The van der Waals surface area contributed by atoms with E-state index in [1.807, 2.05) is 0 Å². The van der Waals surface area contributed by atoms with Gasteiger partial charge in [0.25, 0.3) is 5.56 Å². The molecule has 1 aromatic heterocycles. The van der Waals surface area contributed by atoms with Crippen LogP contribution in [0.4, 0.5) is 0 Å². The first-order valence-electron chi connectivity index (χ1n) is 6.24. The van der Waals surface area contributed by atoms with E-state index in [9.17, 15) is 9.90 Å². The molecule has 5 nitrogen and oxygen atoms in total. The average Bonchev–Trinajstić information content (AvgIpc) is 2.79. The summed E-state index contributed by atoms with van der Waals surface area (Å²) in [6.07, 6.45) is 5.55. The Morgan fingerprint density at radius 3 is 2.71 bits per heavy atom. The van der Waals surface area contributed by atoms with Crippen molar-refractivity contribution in [1.29, 1.82) is 0 Å². The molecular weight excluding hydrogens is 218 g/mol. The minimum atomic E-state index is -0.184. The minimum Gasteiger partial charge on any atom is -0.493 e. The Bertz CT molecular complexity index is 436. The number of nitrogens with one attached hydrogen (secondary N) is 1. The fourth-order valence-corrected chi connectivity index (χ4v) is 2.49. The van der Waals surface area contributed by atoms with Crippen molar-refractivity contribution in [2.45, 2.75) is 44.4 Å². The lowest BCUT2D eigenvalue weighted by molar-refractivity contribution is 0.431. The summed E-state index contributed by atoms with van der Waals surface area (Å²) in [7, 11) is 0. The first-order chi connectivity index (χ1) is 8.22. The molecule has 0 unspecified atom stereocenters. The fraction of sp³-hybridized carbons (Fsp3) is 0.667. The summed E-state index contributed by atoms with van der Waals surface area (Å²) in [4.78, 5) is 18.7. The Hall–Kier alpha value is -1.36. The average molecular weight is 237 g/mol. The van der Waals surface area contributed by atoms with E-state index in [0.717, 1.165) is 32.1 Å². The zero-order valence-electron chi connectivity index (χ0n) is 9.91. The van der Waals surface area contributed by atoms with E-state index in [1.54, 1.807) is 0 Å². The van der Waals surface area contributed by atoms with Gasteiger partial charge in [-0.15, -0.1) is 0 Å². The number of aromatic amines is 1. The van der Waals surface area contributed by atoms with Crippen molar-refractivity contribution in [3.8, 4) is 5.88 Å². The van der Waals surface area contributed by atoms with E-state index in [-0.39, 0.29) is 17.4 Å². The molecule has 1 heterocycles. The second-order valence-corrected chi connectivity index (χ2v) is 4.62. The lowest BCUT2D eigenvalue weighted by Crippen LogP contribution is -2.19. The van der Waals surface area contributed by atoms with Crippen LogP contribution in [-0.2, 0) is 6.42 Å². The molecule has 1 saturated carbocycles. The summed E-state index contributed by atoms with van der Waals surface area (Å²) < 4.78 is 0. The van der Waals surface area contributed by atoms with Gasteiger partial charge in [-0.2, -0.15) is 0 Å². The number of nitrogens with two attached hydrogens (primary N) is 1. The summed E-state index contributed by atoms with van der Waals surface area (Å²) in [6.45, 7) is 0.550. The van der Waals surface area contributed by atoms with Crippen LogP contribution in [0.15, 0.2) is 4.79 Å². The third kappa shape index (κ3) is 2.66. The van der Waals surface area contributed by atoms with E-state index in [0.29, 0.717) is 24.4 Å². The van der Waals surface area contributed by atoms with E-state index in [4.69, 9.17) is 5.73 Å². The molecule has 17 heavy (non-hydrogen) atoms. The van der Waals surface area contributed by atoms with Crippen LogP contribution < -0.4 is 11.3 Å². The van der Waals surface area contributed by atoms with E-state index >= 15 is 0 Å². The van der Waals surface area contributed by atoms with Crippen molar-refractivity contribution in [1.82, 2.24) is 9.97 Å². The van der Waals surface area contributed by atoms with Gasteiger partial charge in [0.2, 0.25) is 5.88 Å². The largest absolute Gasteiger partial charge is 0.493 e. The maximum Gasteiger partial charge on any atom is 0.258 e. The maximum atomic E-state index is 11.9. The maximum absolute atomic E-state index is 11.9. The molecular formula is C12H19N3O2. The second kappa shape index (κ2) is 5.31. The number of hydrogen-bond acceptors (Lipinski definition) is 4. The summed E-state index contributed by atoms with van der Waals surface area (Å²) in [5, 5.41) is 9.87. The number of aromatic hydroxyl groups is 1. The van der Waals surface area contributed by atoms with Crippen molar-refractivity contribution < 1.29 is 5.11 Å². The number of hydrogen-bond donors (Lipinski definition) is 3. The van der Waals surface area contributed by atoms with Crippen LogP contribution in [0.25, 0.3) is 0 Å². The van der Waals surface area contributed by atoms with Gasteiger partial charge < -0.3 is 15.8 Å². The molecule has 1 fully saturated rings. The highest BCUT2D eigenvalue weighted by Gasteiger charge is 2.24. The number of aromatic nitrogens is 2. The topological polar surface area (TPSA) is 92.0 Å². The van der Waals surface area contributed by atoms with Gasteiger partial charge >= 0.3 is 0 Å². The van der Waals surface area contributed by atoms with Crippen LogP contribution in [0, 0.1) is 0 Å². The normalized spacial score (nSPS) is 16.5. The number of H-pyrrole nitrogens is 1. The molecule has 2 rings (SSSR count). The van der Waals surface area contributed by atoms with Gasteiger partial charge in [0.05, 0.1) is 5.56 Å². The van der Waals surface area contributed by atoms with Crippen molar-refractivity contribution >= 4 is 0 Å². The molecule has 0 spiro atoms. The SMILES string of the molecule is NCCCc1nc(O)c(C2CCCC2)c(=O)[nH]1. The van der Waals surface area contributed by atoms with Gasteiger partial charge in [0.1, 0.15) is 5.82 Å². The van der Waals surface area contributed by atoms with Crippen LogP contribution in [0.5, 0.6) is 5.88 Å². The predicted molar refractivity (Wildman–Crippen MR) is 65.1 cm³/mol. The quantitative estimate of drug-likeness (QED) is 0.729. The third-order valence-corrected chi connectivity index (χ3v) is 3.37. The number of nitrogens with zero attached hydrogens (tertiary/aromatic N) is 1. The Balaban J connectivity index is 2.25. The number of rotatable bonds is 4. The molecule has 94 valence electrons. The molecule has 4 N–H and O–H groups in total. The Morgan fingerprint density at radius 2 is 2.12 bits per heavy atom. The van der Waals surface area contributed by atoms with Gasteiger partial charge in [-0.3, -0.25) is 4.79 Å². The summed E-state index contributed by atoms with van der Waals surface area (Å²) in [5.41, 5.74) is 5.69. The van der Waals surface area contributed by atoms with Gasteiger partial charge in [-0.05, 0) is 31.7 Å². The minimum absolute atomic E-state index is 0.0901. The molecule has 0 atom stereocenters. The van der Waals surface area contributed by atoms with Gasteiger partial charge in [0.15, 0.2) is 0 Å². The van der Waals surface area contributed by atoms with E-state index < -0.39 is 0 Å². The molecule has 0 amide bonds. The van der Waals surface area contributed by atoms with Crippen LogP contribution >= 0.6 is 0 Å². The Labute approximate surface area is 100 Å². The van der Waals surface area contributed by atoms with Crippen molar-refractivity contribution in [2.75, 3.05) is 6.54 Å². The van der Waals surface area contributed by atoms with Crippen LogP contribution in [0.1, 0.15) is 49.4 Å². The molecule has 0 bridgehead atoms. The van der Waals surface area contributed by atoms with E-state index in [1.165, 1.54) is 0 Å². The standard InChI is InChI=1S/C12H19N3O2/c13-7-3-6-9-14-11(16)10(12(17)15-9)8-4-1-2-5-8/h8H,1-7,13H2,(H2,14,15,16,17). The first kappa shape index (κ1) is 12.1. The van der Waals surface area contributed by atoms with Crippen molar-refractivity contribution in [3.63, 3.8) is 0 Å². The van der Waals surface area contributed by atoms with Crippen molar-refractivity contribution in [2.24, 2.45) is 5.73 Å². The van der Waals surface area contributed by atoms with Crippen LogP contribution in [0.2, 0.25) is 0 Å². The summed E-state index contributed by atoms with van der Waals surface area (Å²) in [6, 6.07) is 0. The lowest BCUT2D eigenvalue weighted by atomic mass is 10.00. The zero-order valence-corrected chi connectivity index (χ0v) is 9.91. The molecule has 1 aromatic rings.